The third-order valence-electron chi connectivity index (χ3n) is 2.16. The summed E-state index contributed by atoms with van der Waals surface area (Å²) in [6.45, 7) is 2.10. The number of rotatable bonds is 1. The predicted octanol–water partition coefficient (Wildman–Crippen LogP) is 2.38. The van der Waals surface area contributed by atoms with Crippen LogP contribution in [0.25, 0.3) is 10.8 Å². The van der Waals surface area contributed by atoms with Gasteiger partial charge in [-0.3, -0.25) is 4.98 Å². The van der Waals surface area contributed by atoms with Crippen molar-refractivity contribution in [1.82, 2.24) is 4.98 Å². The van der Waals surface area contributed by atoms with Crippen LogP contribution in [0, 0.1) is 0 Å². The first-order valence-corrected chi connectivity index (χ1v) is 4.44. The van der Waals surface area contributed by atoms with Crippen LogP contribution >= 0.6 is 0 Å². The summed E-state index contributed by atoms with van der Waals surface area (Å²) in [4.78, 5) is 4.31. The number of hydrogen-bond donors (Lipinski definition) is 1. The Morgan fingerprint density at radius 2 is 2.08 bits per heavy atom. The minimum atomic E-state index is 0.806. The molecule has 66 valence electrons. The molecule has 0 saturated heterocycles. The van der Waals surface area contributed by atoms with E-state index in [9.17, 15) is 0 Å². The quantitative estimate of drug-likeness (QED) is 0.671. The lowest BCUT2D eigenvalue weighted by molar-refractivity contribution is 1.05. The summed E-state index contributed by atoms with van der Waals surface area (Å²) in [6.07, 6.45) is 2.86. The first-order valence-electron chi connectivity index (χ1n) is 4.44. The van der Waals surface area contributed by atoms with E-state index in [1.807, 2.05) is 24.4 Å². The molecule has 13 heavy (non-hydrogen) atoms. The molecule has 2 rings (SSSR count). The SMILES string of the molecule is CCc1cc2cc(N)ccc2cn1. The molecule has 0 amide bonds. The number of nitrogen functional groups attached to an aromatic ring is 1. The zero-order chi connectivity index (χ0) is 9.26. The molecule has 2 heteroatoms. The molecule has 2 aromatic rings. The number of nitrogens with two attached hydrogens (primary N) is 1. The van der Waals surface area contributed by atoms with Crippen molar-refractivity contribution in [2.75, 3.05) is 5.73 Å². The summed E-state index contributed by atoms with van der Waals surface area (Å²) < 4.78 is 0. The van der Waals surface area contributed by atoms with E-state index in [1.165, 1.54) is 5.39 Å². The highest BCUT2D eigenvalue weighted by Gasteiger charge is 1.96. The molecule has 0 fully saturated rings. The number of benzene rings is 1. The van der Waals surface area contributed by atoms with Gasteiger partial charge in [0.15, 0.2) is 0 Å². The van der Waals surface area contributed by atoms with Crippen LogP contribution in [0.5, 0.6) is 0 Å². The summed E-state index contributed by atoms with van der Waals surface area (Å²) in [5, 5.41) is 2.32. The van der Waals surface area contributed by atoms with E-state index in [2.05, 4.69) is 18.0 Å². The lowest BCUT2D eigenvalue weighted by Crippen LogP contribution is -1.88. The maximum absolute atomic E-state index is 5.69. The fourth-order valence-electron chi connectivity index (χ4n) is 1.40. The monoisotopic (exact) mass is 172 g/mol. The predicted molar refractivity (Wildman–Crippen MR) is 55.5 cm³/mol. The number of fused-ring (bicyclic) bond motifs is 1. The van der Waals surface area contributed by atoms with Crippen LogP contribution in [0.3, 0.4) is 0 Å². The van der Waals surface area contributed by atoms with Crippen LogP contribution in [-0.2, 0) is 6.42 Å². The average Bonchev–Trinajstić information content (AvgIpc) is 2.16. The Hall–Kier alpha value is -1.57. The van der Waals surface area contributed by atoms with Crippen molar-refractivity contribution in [2.45, 2.75) is 13.3 Å². The van der Waals surface area contributed by atoms with Crippen molar-refractivity contribution in [1.29, 1.82) is 0 Å². The summed E-state index contributed by atoms with van der Waals surface area (Å²) in [5.41, 5.74) is 7.61. The molecule has 0 spiro atoms. The normalized spacial score (nSPS) is 10.5. The van der Waals surface area contributed by atoms with Crippen molar-refractivity contribution in [2.24, 2.45) is 0 Å². The van der Waals surface area contributed by atoms with Crippen LogP contribution < -0.4 is 5.73 Å². The molecule has 0 atom stereocenters. The van der Waals surface area contributed by atoms with Crippen molar-refractivity contribution in [3.63, 3.8) is 0 Å². The van der Waals surface area contributed by atoms with Gasteiger partial charge in [-0.15, -0.1) is 0 Å². The van der Waals surface area contributed by atoms with Crippen LogP contribution in [0.2, 0.25) is 0 Å². The highest BCUT2D eigenvalue weighted by atomic mass is 14.7. The number of nitrogens with zero attached hydrogens (tertiary/aromatic N) is 1. The standard InChI is InChI=1S/C11H12N2/c1-2-11-6-9-5-10(12)4-3-8(9)7-13-11/h3-7H,2,12H2,1H3. The third-order valence-corrected chi connectivity index (χ3v) is 2.16. The molecule has 0 unspecified atom stereocenters. The molecule has 0 bridgehead atoms. The highest BCUT2D eigenvalue weighted by Crippen LogP contribution is 2.17. The van der Waals surface area contributed by atoms with Gasteiger partial charge in [0.1, 0.15) is 0 Å². The van der Waals surface area contributed by atoms with Gasteiger partial charge in [-0.2, -0.15) is 0 Å². The van der Waals surface area contributed by atoms with E-state index >= 15 is 0 Å². The number of aryl methyl sites for hydroxylation is 1. The Labute approximate surface area is 77.4 Å². The van der Waals surface area contributed by atoms with Crippen LogP contribution in [-0.4, -0.2) is 4.98 Å². The van der Waals surface area contributed by atoms with Crippen molar-refractivity contribution in [3.05, 3.63) is 36.2 Å². The van der Waals surface area contributed by atoms with E-state index in [1.54, 1.807) is 0 Å². The van der Waals surface area contributed by atoms with Gasteiger partial charge in [0.2, 0.25) is 0 Å². The van der Waals surface area contributed by atoms with Gasteiger partial charge in [-0.25, -0.2) is 0 Å². The lowest BCUT2D eigenvalue weighted by atomic mass is 10.1. The summed E-state index contributed by atoms with van der Waals surface area (Å²) in [7, 11) is 0. The van der Waals surface area contributed by atoms with E-state index in [-0.39, 0.29) is 0 Å². The third kappa shape index (κ3) is 1.47. The van der Waals surface area contributed by atoms with Gasteiger partial charge in [-0.05, 0) is 30.0 Å². The molecule has 2 nitrogen and oxygen atoms in total. The maximum atomic E-state index is 5.69. The molecule has 2 N–H and O–H groups in total. The largest absolute Gasteiger partial charge is 0.399 e. The molecule has 0 radical (unpaired) electrons. The molecule has 1 heterocycles. The van der Waals surface area contributed by atoms with Gasteiger partial charge in [0, 0.05) is 23.0 Å². The van der Waals surface area contributed by atoms with Gasteiger partial charge in [0.25, 0.3) is 0 Å². The summed E-state index contributed by atoms with van der Waals surface area (Å²) in [5.74, 6) is 0. The lowest BCUT2D eigenvalue weighted by Gasteiger charge is -2.01. The highest BCUT2D eigenvalue weighted by molar-refractivity contribution is 5.84. The summed E-state index contributed by atoms with van der Waals surface area (Å²) in [6, 6.07) is 7.97. The van der Waals surface area contributed by atoms with E-state index in [0.717, 1.165) is 23.2 Å². The fourth-order valence-corrected chi connectivity index (χ4v) is 1.40. The molecular weight excluding hydrogens is 160 g/mol. The van der Waals surface area contributed by atoms with Gasteiger partial charge >= 0.3 is 0 Å². The first kappa shape index (κ1) is 8.05. The number of pyridine rings is 1. The second kappa shape index (κ2) is 3.05. The molecule has 1 aromatic carbocycles. The smallest absolute Gasteiger partial charge is 0.0407 e. The number of aromatic nitrogens is 1. The minimum Gasteiger partial charge on any atom is -0.399 e. The van der Waals surface area contributed by atoms with Gasteiger partial charge in [0.05, 0.1) is 0 Å². The van der Waals surface area contributed by atoms with E-state index in [0.29, 0.717) is 0 Å². The number of anilines is 1. The molecule has 0 aliphatic rings. The fraction of sp³-hybridized carbons (Fsp3) is 0.182. The Kier molecular flexibility index (Phi) is 1.89. The molecule has 1 aromatic heterocycles. The molecule has 0 saturated carbocycles. The van der Waals surface area contributed by atoms with E-state index < -0.39 is 0 Å². The second-order valence-corrected chi connectivity index (χ2v) is 3.14. The van der Waals surface area contributed by atoms with Gasteiger partial charge in [-0.1, -0.05) is 13.0 Å². The Morgan fingerprint density at radius 3 is 2.85 bits per heavy atom. The minimum absolute atomic E-state index is 0.806. The summed E-state index contributed by atoms with van der Waals surface area (Å²) >= 11 is 0. The zero-order valence-electron chi connectivity index (χ0n) is 7.62. The zero-order valence-corrected chi connectivity index (χ0v) is 7.62. The molecule has 0 aliphatic heterocycles. The van der Waals surface area contributed by atoms with Crippen molar-refractivity contribution >= 4 is 16.5 Å². The average molecular weight is 172 g/mol. The van der Waals surface area contributed by atoms with Crippen LogP contribution in [0.4, 0.5) is 5.69 Å². The number of hydrogen-bond acceptors (Lipinski definition) is 2. The topological polar surface area (TPSA) is 38.9 Å². The Bertz CT molecular complexity index is 435. The maximum Gasteiger partial charge on any atom is 0.0407 e. The first-order chi connectivity index (χ1) is 6.29. The van der Waals surface area contributed by atoms with Crippen LogP contribution in [0.15, 0.2) is 30.5 Å². The Balaban J connectivity index is 2.68. The Morgan fingerprint density at radius 1 is 1.23 bits per heavy atom. The molecule has 0 aliphatic carbocycles. The molecular formula is C11H12N2. The van der Waals surface area contributed by atoms with Gasteiger partial charge < -0.3 is 5.73 Å². The second-order valence-electron chi connectivity index (χ2n) is 3.14. The van der Waals surface area contributed by atoms with Crippen LogP contribution in [0.1, 0.15) is 12.6 Å². The van der Waals surface area contributed by atoms with Crippen molar-refractivity contribution in [3.8, 4) is 0 Å². The van der Waals surface area contributed by atoms with Crippen molar-refractivity contribution < 1.29 is 0 Å². The van der Waals surface area contributed by atoms with E-state index in [4.69, 9.17) is 5.73 Å².